The second-order valence-electron chi connectivity index (χ2n) is 5.74. The third-order valence-electron chi connectivity index (χ3n) is 3.88. The summed E-state index contributed by atoms with van der Waals surface area (Å²) in [5.74, 6) is 0.460. The number of carbonyl (C=O) groups excluding carboxylic acids is 1. The van der Waals surface area contributed by atoms with Gasteiger partial charge in [-0.05, 0) is 29.8 Å². The molecule has 0 bridgehead atoms. The average molecular weight is 366 g/mol. The Hall–Kier alpha value is -3.48. The van der Waals surface area contributed by atoms with Crippen molar-refractivity contribution in [2.75, 3.05) is 12.4 Å². The molecule has 7 heteroatoms. The Morgan fingerprint density at radius 1 is 1.07 bits per heavy atom. The summed E-state index contributed by atoms with van der Waals surface area (Å²) in [5, 5.41) is 5.84. The highest BCUT2D eigenvalue weighted by molar-refractivity contribution is 5.92. The van der Waals surface area contributed by atoms with Gasteiger partial charge in [-0.2, -0.15) is 0 Å². The first kappa shape index (κ1) is 18.3. The zero-order chi connectivity index (χ0) is 19.1. The topological polar surface area (TPSA) is 76.1 Å². The molecular formula is C20H19FN4O2. The molecule has 0 aliphatic heterocycles. The molecule has 0 saturated carbocycles. The van der Waals surface area contributed by atoms with Crippen LogP contribution in [0.3, 0.4) is 0 Å². The zero-order valence-electron chi connectivity index (χ0n) is 14.8. The number of hydrogen-bond donors (Lipinski definition) is 2. The van der Waals surface area contributed by atoms with Gasteiger partial charge in [0.2, 0.25) is 5.95 Å². The van der Waals surface area contributed by atoms with Gasteiger partial charge in [0, 0.05) is 24.8 Å². The number of halogens is 1. The lowest BCUT2D eigenvalue weighted by molar-refractivity contribution is 0.0946. The summed E-state index contributed by atoms with van der Waals surface area (Å²) in [7, 11) is 1.61. The van der Waals surface area contributed by atoms with Gasteiger partial charge in [-0.25, -0.2) is 14.4 Å². The molecule has 0 spiro atoms. The molecule has 0 fully saturated rings. The summed E-state index contributed by atoms with van der Waals surface area (Å²) < 4.78 is 18.2. The number of benzene rings is 2. The van der Waals surface area contributed by atoms with E-state index in [1.54, 1.807) is 19.2 Å². The maximum Gasteiger partial charge on any atom is 0.270 e. The smallest absolute Gasteiger partial charge is 0.270 e. The number of aromatic nitrogens is 2. The molecule has 0 unspecified atom stereocenters. The molecule has 1 amide bonds. The lowest BCUT2D eigenvalue weighted by atomic mass is 10.2. The minimum Gasteiger partial charge on any atom is -0.496 e. The van der Waals surface area contributed by atoms with Crippen molar-refractivity contribution in [2.45, 2.75) is 13.1 Å². The Bertz CT molecular complexity index is 916. The fraction of sp³-hybridized carbons (Fsp3) is 0.150. The van der Waals surface area contributed by atoms with Crippen LogP contribution < -0.4 is 15.4 Å². The minimum atomic E-state index is -0.331. The van der Waals surface area contributed by atoms with Gasteiger partial charge < -0.3 is 15.4 Å². The fourth-order valence-corrected chi connectivity index (χ4v) is 2.47. The predicted molar refractivity (Wildman–Crippen MR) is 99.9 cm³/mol. The molecular weight excluding hydrogens is 347 g/mol. The van der Waals surface area contributed by atoms with Gasteiger partial charge in [0.25, 0.3) is 5.91 Å². The summed E-state index contributed by atoms with van der Waals surface area (Å²) in [6.45, 7) is 0.748. The van der Waals surface area contributed by atoms with Crippen LogP contribution in [-0.2, 0) is 13.1 Å². The molecule has 2 N–H and O–H groups in total. The SMILES string of the molecule is COc1ccccc1CNc1nccc(C(=O)NCc2ccc(F)cc2)n1. The molecule has 0 aliphatic rings. The van der Waals surface area contributed by atoms with E-state index in [4.69, 9.17) is 4.74 Å². The lowest BCUT2D eigenvalue weighted by Gasteiger charge is -2.10. The number of amides is 1. The molecule has 3 aromatic rings. The maximum absolute atomic E-state index is 12.9. The number of nitrogens with zero attached hydrogens (tertiary/aromatic N) is 2. The first-order chi connectivity index (χ1) is 13.2. The average Bonchev–Trinajstić information content (AvgIpc) is 2.72. The van der Waals surface area contributed by atoms with Crippen molar-refractivity contribution in [1.29, 1.82) is 0 Å². The third-order valence-corrected chi connectivity index (χ3v) is 3.88. The second-order valence-corrected chi connectivity index (χ2v) is 5.74. The quantitative estimate of drug-likeness (QED) is 0.672. The van der Waals surface area contributed by atoms with Crippen molar-refractivity contribution in [3.8, 4) is 5.75 Å². The van der Waals surface area contributed by atoms with Crippen LogP contribution in [0.5, 0.6) is 5.75 Å². The molecule has 6 nitrogen and oxygen atoms in total. The summed E-state index contributed by atoms with van der Waals surface area (Å²) in [4.78, 5) is 20.7. The van der Waals surface area contributed by atoms with Gasteiger partial charge in [-0.1, -0.05) is 30.3 Å². The van der Waals surface area contributed by atoms with E-state index in [-0.39, 0.29) is 24.0 Å². The number of carbonyl (C=O) groups is 1. The monoisotopic (exact) mass is 366 g/mol. The van der Waals surface area contributed by atoms with Crippen LogP contribution in [0.2, 0.25) is 0 Å². The normalized spacial score (nSPS) is 10.3. The Labute approximate surface area is 156 Å². The van der Waals surface area contributed by atoms with Crippen molar-refractivity contribution in [1.82, 2.24) is 15.3 Å². The number of hydrogen-bond acceptors (Lipinski definition) is 5. The molecule has 0 atom stereocenters. The highest BCUT2D eigenvalue weighted by Crippen LogP contribution is 2.18. The number of nitrogens with one attached hydrogen (secondary N) is 2. The summed E-state index contributed by atoms with van der Waals surface area (Å²) >= 11 is 0. The van der Waals surface area contributed by atoms with E-state index in [1.807, 2.05) is 24.3 Å². The third kappa shape index (κ3) is 5.01. The zero-order valence-corrected chi connectivity index (χ0v) is 14.8. The molecule has 27 heavy (non-hydrogen) atoms. The predicted octanol–water partition coefficient (Wildman–Crippen LogP) is 3.17. The van der Waals surface area contributed by atoms with E-state index >= 15 is 0 Å². The Kier molecular flexibility index (Phi) is 5.94. The van der Waals surface area contributed by atoms with Crippen LogP contribution in [0, 0.1) is 5.82 Å². The van der Waals surface area contributed by atoms with Crippen molar-refractivity contribution in [2.24, 2.45) is 0 Å². The molecule has 0 saturated heterocycles. The second kappa shape index (κ2) is 8.75. The number of ether oxygens (including phenoxy) is 1. The van der Waals surface area contributed by atoms with E-state index in [1.165, 1.54) is 24.4 Å². The van der Waals surface area contributed by atoms with E-state index in [0.717, 1.165) is 16.9 Å². The van der Waals surface area contributed by atoms with Gasteiger partial charge >= 0.3 is 0 Å². The lowest BCUT2D eigenvalue weighted by Crippen LogP contribution is -2.24. The van der Waals surface area contributed by atoms with Crippen molar-refractivity contribution in [3.05, 3.63) is 83.4 Å². The number of para-hydroxylation sites is 1. The van der Waals surface area contributed by atoms with Crippen LogP contribution in [0.4, 0.5) is 10.3 Å². The van der Waals surface area contributed by atoms with E-state index in [9.17, 15) is 9.18 Å². The van der Waals surface area contributed by atoms with E-state index in [2.05, 4.69) is 20.6 Å². The first-order valence-electron chi connectivity index (χ1n) is 8.37. The number of methoxy groups -OCH3 is 1. The van der Waals surface area contributed by atoms with Crippen molar-refractivity contribution in [3.63, 3.8) is 0 Å². The molecule has 138 valence electrons. The largest absolute Gasteiger partial charge is 0.496 e. The standard InChI is InChI=1S/C20H19FN4O2/c1-27-18-5-3-2-4-15(18)13-24-20-22-11-10-17(25-20)19(26)23-12-14-6-8-16(21)9-7-14/h2-11H,12-13H2,1H3,(H,23,26)(H,22,24,25). The molecule has 3 rings (SSSR count). The highest BCUT2D eigenvalue weighted by Gasteiger charge is 2.09. The van der Waals surface area contributed by atoms with Gasteiger partial charge in [-0.3, -0.25) is 4.79 Å². The van der Waals surface area contributed by atoms with Gasteiger partial charge in [0.05, 0.1) is 7.11 Å². The first-order valence-corrected chi connectivity index (χ1v) is 8.37. The number of rotatable bonds is 7. The maximum atomic E-state index is 12.9. The molecule has 0 radical (unpaired) electrons. The van der Waals surface area contributed by atoms with Crippen LogP contribution in [0.25, 0.3) is 0 Å². The summed E-state index contributed by atoms with van der Waals surface area (Å²) in [6.07, 6.45) is 1.52. The Morgan fingerprint density at radius 2 is 1.85 bits per heavy atom. The van der Waals surface area contributed by atoms with Crippen LogP contribution >= 0.6 is 0 Å². The molecule has 1 aromatic heterocycles. The molecule has 1 heterocycles. The Morgan fingerprint density at radius 3 is 2.63 bits per heavy atom. The summed E-state index contributed by atoms with van der Waals surface area (Å²) in [5.41, 5.74) is 2.00. The van der Waals surface area contributed by atoms with E-state index < -0.39 is 0 Å². The van der Waals surface area contributed by atoms with Crippen molar-refractivity contribution < 1.29 is 13.9 Å². The number of anilines is 1. The summed E-state index contributed by atoms with van der Waals surface area (Å²) in [6, 6.07) is 15.1. The van der Waals surface area contributed by atoms with E-state index in [0.29, 0.717) is 12.5 Å². The van der Waals surface area contributed by atoms with Crippen molar-refractivity contribution >= 4 is 11.9 Å². The van der Waals surface area contributed by atoms with Gasteiger partial charge in [0.1, 0.15) is 17.3 Å². The fourth-order valence-electron chi connectivity index (χ4n) is 2.47. The molecule has 2 aromatic carbocycles. The minimum absolute atomic E-state index is 0.245. The van der Waals surface area contributed by atoms with Crippen LogP contribution in [0.15, 0.2) is 60.8 Å². The van der Waals surface area contributed by atoms with Crippen LogP contribution in [0.1, 0.15) is 21.6 Å². The highest BCUT2D eigenvalue weighted by atomic mass is 19.1. The van der Waals surface area contributed by atoms with Gasteiger partial charge in [-0.15, -0.1) is 0 Å². The Balaban J connectivity index is 1.60. The van der Waals surface area contributed by atoms with Crippen LogP contribution in [-0.4, -0.2) is 23.0 Å². The van der Waals surface area contributed by atoms with Gasteiger partial charge in [0.15, 0.2) is 0 Å². The molecule has 0 aliphatic carbocycles.